The fourth-order valence-corrected chi connectivity index (χ4v) is 3.44. The van der Waals surface area contributed by atoms with Crippen LogP contribution in [0.5, 0.6) is 0 Å². The van der Waals surface area contributed by atoms with Gasteiger partial charge < -0.3 is 16.2 Å². The third-order valence-corrected chi connectivity index (χ3v) is 4.38. The summed E-state index contributed by atoms with van der Waals surface area (Å²) in [6.45, 7) is 0. The van der Waals surface area contributed by atoms with Crippen LogP contribution in [0.2, 0.25) is 0 Å². The zero-order chi connectivity index (χ0) is 12.7. The first kappa shape index (κ1) is 11.4. The van der Waals surface area contributed by atoms with Crippen molar-refractivity contribution in [2.24, 2.45) is 11.8 Å². The van der Waals surface area contributed by atoms with Gasteiger partial charge in [-0.1, -0.05) is 6.42 Å². The molecule has 0 heterocycles. The Labute approximate surface area is 106 Å². The number of hydrogen-bond acceptors (Lipinski definition) is 3. The van der Waals surface area contributed by atoms with Crippen molar-refractivity contribution in [3.63, 3.8) is 0 Å². The van der Waals surface area contributed by atoms with Crippen LogP contribution in [0.15, 0.2) is 18.2 Å². The van der Waals surface area contributed by atoms with Crippen LogP contribution in [0.25, 0.3) is 0 Å². The van der Waals surface area contributed by atoms with Crippen molar-refractivity contribution in [1.29, 1.82) is 0 Å². The third-order valence-electron chi connectivity index (χ3n) is 4.38. The number of carbonyl (C=O) groups is 1. The van der Waals surface area contributed by atoms with Crippen molar-refractivity contribution >= 4 is 17.3 Å². The van der Waals surface area contributed by atoms with Gasteiger partial charge in [-0.2, -0.15) is 0 Å². The normalized spacial score (nSPS) is 29.4. The number of hydrogen-bond donors (Lipinski definition) is 3. The Hall–Kier alpha value is -1.71. The molecule has 1 aromatic rings. The number of benzene rings is 1. The number of aromatic carboxylic acids is 1. The van der Waals surface area contributed by atoms with E-state index < -0.39 is 5.97 Å². The summed E-state index contributed by atoms with van der Waals surface area (Å²) in [4.78, 5) is 11.0. The van der Waals surface area contributed by atoms with Gasteiger partial charge in [0.25, 0.3) is 0 Å². The van der Waals surface area contributed by atoms with Crippen LogP contribution in [0.3, 0.4) is 0 Å². The molecule has 2 aliphatic rings. The summed E-state index contributed by atoms with van der Waals surface area (Å²) in [6, 6.07) is 5.32. The minimum Gasteiger partial charge on any atom is -0.478 e. The highest BCUT2D eigenvalue weighted by molar-refractivity contribution is 5.90. The van der Waals surface area contributed by atoms with Crippen LogP contribution in [0.1, 0.15) is 36.0 Å². The van der Waals surface area contributed by atoms with Crippen LogP contribution < -0.4 is 11.1 Å². The molecule has 0 radical (unpaired) electrons. The van der Waals surface area contributed by atoms with E-state index in [1.54, 1.807) is 18.2 Å². The number of anilines is 2. The first-order valence-electron chi connectivity index (χ1n) is 6.53. The van der Waals surface area contributed by atoms with Crippen molar-refractivity contribution < 1.29 is 9.90 Å². The molecule has 0 saturated heterocycles. The number of nitrogens with one attached hydrogen (secondary N) is 1. The Balaban J connectivity index is 1.79. The van der Waals surface area contributed by atoms with E-state index in [4.69, 9.17) is 10.8 Å². The van der Waals surface area contributed by atoms with E-state index in [-0.39, 0.29) is 5.56 Å². The molecular weight excluding hydrogens is 228 g/mol. The number of nitrogen functional groups attached to an aromatic ring is 1. The molecule has 4 N–H and O–H groups in total. The van der Waals surface area contributed by atoms with Gasteiger partial charge in [-0.05, 0) is 49.3 Å². The maximum Gasteiger partial charge on any atom is 0.335 e. The zero-order valence-electron chi connectivity index (χ0n) is 10.2. The first-order valence-corrected chi connectivity index (χ1v) is 6.53. The largest absolute Gasteiger partial charge is 0.478 e. The van der Waals surface area contributed by atoms with Gasteiger partial charge in [0.05, 0.1) is 16.9 Å². The van der Waals surface area contributed by atoms with Crippen LogP contribution in [0, 0.1) is 11.8 Å². The lowest BCUT2D eigenvalue weighted by molar-refractivity contribution is 0.0697. The molecule has 2 bridgehead atoms. The van der Waals surface area contributed by atoms with E-state index in [1.165, 1.54) is 25.7 Å². The molecule has 18 heavy (non-hydrogen) atoms. The quantitative estimate of drug-likeness (QED) is 0.716. The van der Waals surface area contributed by atoms with Gasteiger partial charge in [0.15, 0.2) is 0 Å². The molecule has 2 aliphatic carbocycles. The van der Waals surface area contributed by atoms with E-state index >= 15 is 0 Å². The van der Waals surface area contributed by atoms with Gasteiger partial charge in [0, 0.05) is 6.04 Å². The van der Waals surface area contributed by atoms with Crippen molar-refractivity contribution in [3.05, 3.63) is 23.8 Å². The first-order chi connectivity index (χ1) is 8.63. The number of rotatable bonds is 3. The lowest BCUT2D eigenvalue weighted by atomic mass is 9.95. The fourth-order valence-electron chi connectivity index (χ4n) is 3.44. The molecule has 3 unspecified atom stereocenters. The Bertz CT molecular complexity index is 487. The third kappa shape index (κ3) is 1.92. The Morgan fingerprint density at radius 1 is 1.33 bits per heavy atom. The summed E-state index contributed by atoms with van der Waals surface area (Å²) < 4.78 is 0. The van der Waals surface area contributed by atoms with Gasteiger partial charge in [0.2, 0.25) is 0 Å². The summed E-state index contributed by atoms with van der Waals surface area (Å²) in [7, 11) is 0. The molecule has 0 aromatic heterocycles. The van der Waals surface area contributed by atoms with Gasteiger partial charge >= 0.3 is 5.97 Å². The summed E-state index contributed by atoms with van der Waals surface area (Å²) in [5.74, 6) is 0.685. The van der Waals surface area contributed by atoms with Gasteiger partial charge in [-0.3, -0.25) is 0 Å². The molecular formula is C14H18N2O2. The average Bonchev–Trinajstić information content (AvgIpc) is 2.93. The molecule has 1 aromatic carbocycles. The van der Waals surface area contributed by atoms with Crippen LogP contribution >= 0.6 is 0 Å². The molecule has 96 valence electrons. The van der Waals surface area contributed by atoms with Gasteiger partial charge in [-0.15, -0.1) is 0 Å². The van der Waals surface area contributed by atoms with E-state index in [0.717, 1.165) is 17.5 Å². The molecule has 0 spiro atoms. The predicted molar refractivity (Wildman–Crippen MR) is 70.7 cm³/mol. The summed E-state index contributed by atoms with van der Waals surface area (Å²) >= 11 is 0. The minimum absolute atomic E-state index is 0.287. The lowest BCUT2D eigenvalue weighted by Gasteiger charge is -2.24. The monoisotopic (exact) mass is 246 g/mol. The second-order valence-corrected chi connectivity index (χ2v) is 5.53. The Morgan fingerprint density at radius 2 is 2.17 bits per heavy atom. The zero-order valence-corrected chi connectivity index (χ0v) is 10.2. The highest BCUT2D eigenvalue weighted by Crippen LogP contribution is 2.45. The molecule has 2 saturated carbocycles. The second kappa shape index (κ2) is 4.19. The number of carboxylic acids is 1. The van der Waals surface area contributed by atoms with Crippen molar-refractivity contribution in [1.82, 2.24) is 0 Å². The van der Waals surface area contributed by atoms with Crippen molar-refractivity contribution in [2.45, 2.75) is 31.7 Å². The second-order valence-electron chi connectivity index (χ2n) is 5.53. The molecule has 4 nitrogen and oxygen atoms in total. The van der Waals surface area contributed by atoms with E-state index in [1.807, 2.05) is 0 Å². The van der Waals surface area contributed by atoms with Gasteiger partial charge in [-0.25, -0.2) is 4.79 Å². The van der Waals surface area contributed by atoms with Crippen LogP contribution in [-0.2, 0) is 0 Å². The van der Waals surface area contributed by atoms with Gasteiger partial charge in [0.1, 0.15) is 0 Å². The summed E-state index contributed by atoms with van der Waals surface area (Å²) in [5.41, 5.74) is 7.60. The van der Waals surface area contributed by atoms with E-state index in [2.05, 4.69) is 5.32 Å². The number of carboxylic acid groups (broad SMARTS) is 1. The smallest absolute Gasteiger partial charge is 0.335 e. The Kier molecular flexibility index (Phi) is 2.65. The minimum atomic E-state index is -0.911. The molecule has 3 rings (SSSR count). The Morgan fingerprint density at radius 3 is 2.78 bits per heavy atom. The average molecular weight is 246 g/mol. The topological polar surface area (TPSA) is 75.4 Å². The highest BCUT2D eigenvalue weighted by Gasteiger charge is 2.39. The van der Waals surface area contributed by atoms with Crippen LogP contribution in [0.4, 0.5) is 11.4 Å². The summed E-state index contributed by atoms with van der Waals surface area (Å²) in [5, 5.41) is 12.4. The number of fused-ring (bicyclic) bond motifs is 2. The SMILES string of the molecule is Nc1ccc(C(=O)O)cc1NC1CC2CCC1C2. The van der Waals surface area contributed by atoms with E-state index in [9.17, 15) is 4.79 Å². The van der Waals surface area contributed by atoms with Crippen molar-refractivity contribution in [2.75, 3.05) is 11.1 Å². The predicted octanol–water partition coefficient (Wildman–Crippen LogP) is 2.57. The lowest BCUT2D eigenvalue weighted by Crippen LogP contribution is -2.26. The fraction of sp³-hybridized carbons (Fsp3) is 0.500. The van der Waals surface area contributed by atoms with Crippen LogP contribution in [-0.4, -0.2) is 17.1 Å². The molecule has 0 amide bonds. The van der Waals surface area contributed by atoms with Crippen molar-refractivity contribution in [3.8, 4) is 0 Å². The molecule has 4 heteroatoms. The molecule has 2 fully saturated rings. The summed E-state index contributed by atoms with van der Waals surface area (Å²) in [6.07, 6.45) is 5.16. The maximum absolute atomic E-state index is 11.0. The molecule has 3 atom stereocenters. The van der Waals surface area contributed by atoms with E-state index in [0.29, 0.717) is 11.7 Å². The number of nitrogens with two attached hydrogens (primary N) is 1. The molecule has 0 aliphatic heterocycles. The standard InChI is InChI=1S/C14H18N2O2/c15-11-4-3-10(14(17)18)7-13(11)16-12-6-8-1-2-9(12)5-8/h3-4,7-9,12,16H,1-2,5-6,15H2,(H,17,18). The maximum atomic E-state index is 11.0. The highest BCUT2D eigenvalue weighted by atomic mass is 16.4.